The van der Waals surface area contributed by atoms with Crippen LogP contribution in [-0.2, 0) is 20.8 Å². The van der Waals surface area contributed by atoms with Crippen molar-refractivity contribution in [2.75, 3.05) is 26.4 Å². The molecule has 1 aliphatic rings. The molecule has 0 radical (unpaired) electrons. The van der Waals surface area contributed by atoms with Crippen molar-refractivity contribution in [2.45, 2.75) is 51.4 Å². The Bertz CT molecular complexity index is 415. The molecule has 1 heterocycles. The summed E-state index contributed by atoms with van der Waals surface area (Å²) in [6.45, 7) is 4.97. The van der Waals surface area contributed by atoms with E-state index in [1.807, 2.05) is 18.2 Å². The third-order valence-corrected chi connectivity index (χ3v) is 3.99. The maximum Gasteiger partial charge on any atom is 0.106 e. The molecule has 1 N–H and O–H groups in total. The van der Waals surface area contributed by atoms with Crippen LogP contribution < -0.4 is 0 Å². The fourth-order valence-corrected chi connectivity index (χ4v) is 2.67. The highest BCUT2D eigenvalue weighted by molar-refractivity contribution is 5.28. The van der Waals surface area contributed by atoms with Gasteiger partial charge in [-0.3, -0.25) is 0 Å². The Kier molecular flexibility index (Phi) is 7.88. The molecule has 2 rings (SSSR count). The van der Waals surface area contributed by atoms with E-state index in [-0.39, 0.29) is 18.8 Å². The summed E-state index contributed by atoms with van der Waals surface area (Å²) in [5.74, 6) is 0. The molecule has 1 aromatic carbocycles. The largest absolute Gasteiger partial charge is 0.393 e. The summed E-state index contributed by atoms with van der Waals surface area (Å²) in [7, 11) is 0. The lowest BCUT2D eigenvalue weighted by atomic mass is 10.0. The summed E-state index contributed by atoms with van der Waals surface area (Å²) in [6.07, 6.45) is 3.88. The Morgan fingerprint density at radius 1 is 1.27 bits per heavy atom. The van der Waals surface area contributed by atoms with Crippen LogP contribution in [0.15, 0.2) is 24.3 Å². The molecule has 124 valence electrons. The Hall–Kier alpha value is -0.940. The number of ether oxygens (including phenoxy) is 3. The van der Waals surface area contributed by atoms with Crippen LogP contribution in [0.5, 0.6) is 0 Å². The van der Waals surface area contributed by atoms with Crippen molar-refractivity contribution in [3.8, 4) is 0 Å². The first kappa shape index (κ1) is 17.4. The van der Waals surface area contributed by atoms with Gasteiger partial charge in [-0.1, -0.05) is 37.6 Å². The van der Waals surface area contributed by atoms with Crippen LogP contribution in [0.2, 0.25) is 0 Å². The highest BCUT2D eigenvalue weighted by atomic mass is 16.5. The van der Waals surface area contributed by atoms with Gasteiger partial charge in [0.1, 0.15) is 6.10 Å². The van der Waals surface area contributed by atoms with E-state index in [4.69, 9.17) is 14.2 Å². The first-order valence-electron chi connectivity index (χ1n) is 8.34. The van der Waals surface area contributed by atoms with Gasteiger partial charge < -0.3 is 19.3 Å². The van der Waals surface area contributed by atoms with Crippen LogP contribution in [-0.4, -0.2) is 37.6 Å². The first-order valence-corrected chi connectivity index (χ1v) is 8.34. The molecule has 22 heavy (non-hydrogen) atoms. The number of benzene rings is 1. The van der Waals surface area contributed by atoms with E-state index in [1.54, 1.807) is 0 Å². The first-order chi connectivity index (χ1) is 10.8. The number of hydrogen-bond acceptors (Lipinski definition) is 4. The molecule has 0 aromatic heterocycles. The van der Waals surface area contributed by atoms with Gasteiger partial charge in [-0.15, -0.1) is 0 Å². The molecule has 0 saturated carbocycles. The van der Waals surface area contributed by atoms with Crippen molar-refractivity contribution >= 4 is 0 Å². The second-order valence-electron chi connectivity index (χ2n) is 5.72. The predicted molar refractivity (Wildman–Crippen MR) is 85.8 cm³/mol. The lowest BCUT2D eigenvalue weighted by Crippen LogP contribution is -2.27. The zero-order valence-corrected chi connectivity index (χ0v) is 13.5. The summed E-state index contributed by atoms with van der Waals surface area (Å²) >= 11 is 0. The second kappa shape index (κ2) is 9.95. The topological polar surface area (TPSA) is 47.9 Å². The smallest absolute Gasteiger partial charge is 0.106 e. The minimum atomic E-state index is -0.283. The van der Waals surface area contributed by atoms with Crippen LogP contribution in [0, 0.1) is 0 Å². The third kappa shape index (κ3) is 5.36. The molecule has 1 atom stereocenters. The van der Waals surface area contributed by atoms with Crippen LogP contribution >= 0.6 is 0 Å². The molecule has 1 aliphatic heterocycles. The molecule has 0 amide bonds. The van der Waals surface area contributed by atoms with E-state index >= 15 is 0 Å². The fraction of sp³-hybridized carbons (Fsp3) is 0.667. The molecule has 4 heteroatoms. The van der Waals surface area contributed by atoms with Crippen LogP contribution in [0.4, 0.5) is 0 Å². The molecule has 0 bridgehead atoms. The van der Waals surface area contributed by atoms with E-state index < -0.39 is 0 Å². The van der Waals surface area contributed by atoms with E-state index in [0.29, 0.717) is 6.61 Å². The van der Waals surface area contributed by atoms with E-state index in [2.05, 4.69) is 13.0 Å². The Morgan fingerprint density at radius 3 is 2.77 bits per heavy atom. The van der Waals surface area contributed by atoms with Crippen LogP contribution in [0.25, 0.3) is 0 Å². The summed E-state index contributed by atoms with van der Waals surface area (Å²) in [4.78, 5) is 0. The van der Waals surface area contributed by atoms with Crippen molar-refractivity contribution in [1.29, 1.82) is 0 Å². The summed E-state index contributed by atoms with van der Waals surface area (Å²) in [5, 5.41) is 9.75. The zero-order valence-electron chi connectivity index (χ0n) is 13.5. The van der Waals surface area contributed by atoms with Gasteiger partial charge in [-0.2, -0.15) is 0 Å². The zero-order chi connectivity index (χ0) is 15.6. The maximum atomic E-state index is 9.75. The highest BCUT2D eigenvalue weighted by Gasteiger charge is 2.22. The number of unbranched alkanes of at least 4 members (excludes halogenated alkanes) is 1. The number of aliphatic hydroxyl groups excluding tert-OH is 1. The molecule has 1 saturated heterocycles. The highest BCUT2D eigenvalue weighted by Crippen LogP contribution is 2.26. The van der Waals surface area contributed by atoms with Gasteiger partial charge >= 0.3 is 0 Å². The SMILES string of the molecule is CCCCOCc1ccccc1C(CO)OC1CCOCC1. The van der Waals surface area contributed by atoms with Gasteiger partial charge in [0.15, 0.2) is 0 Å². The monoisotopic (exact) mass is 308 g/mol. The molecule has 1 fully saturated rings. The molecule has 1 aromatic rings. The Morgan fingerprint density at radius 2 is 2.05 bits per heavy atom. The van der Waals surface area contributed by atoms with Gasteiger partial charge in [-0.05, 0) is 30.4 Å². The molecule has 0 spiro atoms. The van der Waals surface area contributed by atoms with Gasteiger partial charge in [0.25, 0.3) is 0 Å². The number of aliphatic hydroxyl groups is 1. The number of hydrogen-bond donors (Lipinski definition) is 1. The standard InChI is InChI=1S/C18H28O4/c1-2-3-10-21-14-15-6-4-5-7-17(15)18(13-19)22-16-8-11-20-12-9-16/h4-7,16,18-19H,2-3,8-14H2,1H3. The van der Waals surface area contributed by atoms with Gasteiger partial charge in [0.2, 0.25) is 0 Å². The van der Waals surface area contributed by atoms with Gasteiger partial charge in [0, 0.05) is 19.8 Å². The van der Waals surface area contributed by atoms with Gasteiger partial charge in [0.05, 0.1) is 19.3 Å². The average molecular weight is 308 g/mol. The minimum absolute atomic E-state index is 0.0106. The average Bonchev–Trinajstić information content (AvgIpc) is 2.58. The number of rotatable bonds is 9. The van der Waals surface area contributed by atoms with Crippen molar-refractivity contribution in [2.24, 2.45) is 0 Å². The van der Waals surface area contributed by atoms with Crippen molar-refractivity contribution in [1.82, 2.24) is 0 Å². The molecule has 4 nitrogen and oxygen atoms in total. The lowest BCUT2D eigenvalue weighted by molar-refractivity contribution is -0.0854. The predicted octanol–water partition coefficient (Wildman–Crippen LogP) is 3.23. The normalized spacial score (nSPS) is 17.5. The van der Waals surface area contributed by atoms with Crippen molar-refractivity contribution in [3.05, 3.63) is 35.4 Å². The fourth-order valence-electron chi connectivity index (χ4n) is 2.67. The minimum Gasteiger partial charge on any atom is -0.393 e. The second-order valence-corrected chi connectivity index (χ2v) is 5.72. The summed E-state index contributed by atoms with van der Waals surface area (Å²) < 4.78 is 17.2. The van der Waals surface area contributed by atoms with E-state index in [1.165, 1.54) is 0 Å². The molecule has 0 aliphatic carbocycles. The maximum absolute atomic E-state index is 9.75. The van der Waals surface area contributed by atoms with Crippen molar-refractivity contribution in [3.63, 3.8) is 0 Å². The van der Waals surface area contributed by atoms with E-state index in [0.717, 1.165) is 56.6 Å². The Labute approximate surface area is 133 Å². The van der Waals surface area contributed by atoms with Crippen molar-refractivity contribution < 1.29 is 19.3 Å². The van der Waals surface area contributed by atoms with E-state index in [9.17, 15) is 5.11 Å². The molecular weight excluding hydrogens is 280 g/mol. The lowest BCUT2D eigenvalue weighted by Gasteiger charge is -2.28. The summed E-state index contributed by atoms with van der Waals surface area (Å²) in [5.41, 5.74) is 2.14. The Balaban J connectivity index is 1.97. The van der Waals surface area contributed by atoms with Crippen LogP contribution in [0.3, 0.4) is 0 Å². The summed E-state index contributed by atoms with van der Waals surface area (Å²) in [6, 6.07) is 8.07. The molecular formula is C18H28O4. The third-order valence-electron chi connectivity index (χ3n) is 3.99. The molecule has 1 unspecified atom stereocenters. The van der Waals surface area contributed by atoms with Gasteiger partial charge in [-0.25, -0.2) is 0 Å². The quantitative estimate of drug-likeness (QED) is 0.712. The van der Waals surface area contributed by atoms with Crippen LogP contribution in [0.1, 0.15) is 49.8 Å².